The van der Waals surface area contributed by atoms with Gasteiger partial charge in [-0.2, -0.15) is 4.31 Å². The van der Waals surface area contributed by atoms with Crippen molar-refractivity contribution < 1.29 is 18.0 Å². The summed E-state index contributed by atoms with van der Waals surface area (Å²) in [7, 11) is -4.03. The fourth-order valence-corrected chi connectivity index (χ4v) is 4.07. The molecule has 0 radical (unpaired) electrons. The van der Waals surface area contributed by atoms with Crippen molar-refractivity contribution in [3.05, 3.63) is 22.7 Å². The third kappa shape index (κ3) is 2.74. The second kappa shape index (κ2) is 5.28. The molecule has 0 aromatic heterocycles. The zero-order valence-corrected chi connectivity index (χ0v) is 13.0. The monoisotopic (exact) mass is 331 g/mol. The highest BCUT2D eigenvalue weighted by Gasteiger charge is 2.39. The number of rotatable bonds is 2. The van der Waals surface area contributed by atoms with E-state index in [1.165, 1.54) is 19.1 Å². The number of nitrogen functional groups attached to an aromatic ring is 1. The van der Waals surface area contributed by atoms with E-state index >= 15 is 0 Å². The Bertz CT molecular complexity index is 732. The lowest BCUT2D eigenvalue weighted by Crippen LogP contribution is -2.58. The number of sulfonamides is 1. The molecule has 1 unspecified atom stereocenters. The number of carbonyl (C=O) groups is 2. The molecular weight excluding hydrogens is 318 g/mol. The molecule has 1 aliphatic heterocycles. The second-order valence-electron chi connectivity index (χ2n) is 4.78. The van der Waals surface area contributed by atoms with E-state index in [1.54, 1.807) is 6.92 Å². The molecule has 0 spiro atoms. The van der Waals surface area contributed by atoms with E-state index in [4.69, 9.17) is 17.3 Å². The molecule has 2 amide bonds. The van der Waals surface area contributed by atoms with Crippen LogP contribution in [0.5, 0.6) is 0 Å². The Morgan fingerprint density at radius 2 is 2.00 bits per heavy atom. The molecule has 1 heterocycles. The lowest BCUT2D eigenvalue weighted by molar-refractivity contribution is -0.136. The van der Waals surface area contributed by atoms with Crippen LogP contribution in [0.4, 0.5) is 5.69 Å². The molecule has 1 aromatic rings. The molecule has 1 atom stereocenters. The summed E-state index contributed by atoms with van der Waals surface area (Å²) < 4.78 is 26.2. The van der Waals surface area contributed by atoms with Gasteiger partial charge in [-0.25, -0.2) is 8.42 Å². The predicted molar refractivity (Wildman–Crippen MR) is 77.1 cm³/mol. The first-order valence-corrected chi connectivity index (χ1v) is 7.87. The van der Waals surface area contributed by atoms with Crippen LogP contribution in [-0.4, -0.2) is 37.1 Å². The van der Waals surface area contributed by atoms with E-state index < -0.39 is 34.4 Å². The summed E-state index contributed by atoms with van der Waals surface area (Å²) >= 11 is 5.85. The van der Waals surface area contributed by atoms with Crippen molar-refractivity contribution in [3.8, 4) is 0 Å². The van der Waals surface area contributed by atoms with Crippen LogP contribution in [0.1, 0.15) is 12.5 Å². The first-order chi connectivity index (χ1) is 9.64. The maximum atomic E-state index is 12.7. The molecule has 1 saturated heterocycles. The largest absolute Gasteiger partial charge is 0.397 e. The number of imide groups is 1. The maximum Gasteiger partial charge on any atom is 0.244 e. The summed E-state index contributed by atoms with van der Waals surface area (Å²) in [5.41, 5.74) is 6.14. The number of nitrogens with one attached hydrogen (secondary N) is 1. The zero-order chi connectivity index (χ0) is 15.9. The number of halogens is 1. The Morgan fingerprint density at radius 1 is 1.38 bits per heavy atom. The highest BCUT2D eigenvalue weighted by atomic mass is 35.5. The second-order valence-corrected chi connectivity index (χ2v) is 7.04. The van der Waals surface area contributed by atoms with E-state index in [-0.39, 0.29) is 15.6 Å². The first kappa shape index (κ1) is 15.7. The Morgan fingerprint density at radius 3 is 2.62 bits per heavy atom. The van der Waals surface area contributed by atoms with E-state index in [1.807, 2.05) is 0 Å². The van der Waals surface area contributed by atoms with Crippen LogP contribution >= 0.6 is 11.6 Å². The Balaban J connectivity index is 2.54. The highest BCUT2D eigenvalue weighted by Crippen LogP contribution is 2.29. The molecule has 0 bridgehead atoms. The van der Waals surface area contributed by atoms with Gasteiger partial charge in [-0.1, -0.05) is 11.6 Å². The standard InChI is InChI=1S/C12H14ClN3O4S/c1-6-3-8(13)9(14)4-10(6)21(19,20)16-5-11(17)15-12(18)7(16)2/h3-4,7H,5,14H2,1-2H3,(H,15,17,18). The zero-order valence-electron chi connectivity index (χ0n) is 11.4. The van der Waals surface area contributed by atoms with Crippen LogP contribution in [-0.2, 0) is 19.6 Å². The van der Waals surface area contributed by atoms with E-state index in [0.29, 0.717) is 5.56 Å². The highest BCUT2D eigenvalue weighted by molar-refractivity contribution is 7.89. The third-order valence-corrected chi connectivity index (χ3v) is 5.64. The van der Waals surface area contributed by atoms with E-state index in [0.717, 1.165) is 4.31 Å². The SMILES string of the molecule is Cc1cc(Cl)c(N)cc1S(=O)(=O)N1CC(=O)NC(=O)C1C. The van der Waals surface area contributed by atoms with E-state index in [2.05, 4.69) is 5.32 Å². The molecule has 7 nitrogen and oxygen atoms in total. The number of anilines is 1. The van der Waals surface area contributed by atoms with Gasteiger partial charge >= 0.3 is 0 Å². The minimum absolute atomic E-state index is 0.0706. The number of nitrogens with zero attached hydrogens (tertiary/aromatic N) is 1. The predicted octanol–water partition coefficient (Wildman–Crippen LogP) is 0.266. The molecule has 0 aliphatic carbocycles. The molecule has 0 saturated carbocycles. The van der Waals surface area contributed by atoms with Crippen LogP contribution in [0.15, 0.2) is 17.0 Å². The molecule has 3 N–H and O–H groups in total. The van der Waals surface area contributed by atoms with Gasteiger partial charge in [0, 0.05) is 0 Å². The summed E-state index contributed by atoms with van der Waals surface area (Å²) in [4.78, 5) is 23.0. The maximum absolute atomic E-state index is 12.7. The van der Waals surface area contributed by atoms with Crippen molar-refractivity contribution in [2.45, 2.75) is 24.8 Å². The van der Waals surface area contributed by atoms with Crippen molar-refractivity contribution in [2.24, 2.45) is 0 Å². The summed E-state index contributed by atoms with van der Waals surface area (Å²) in [5.74, 6) is -1.32. The average Bonchev–Trinajstić information content (AvgIpc) is 2.37. The molecule has 1 aromatic carbocycles. The molecular formula is C12H14ClN3O4S. The topological polar surface area (TPSA) is 110 Å². The molecule has 9 heteroatoms. The Labute approximate surface area is 127 Å². The van der Waals surface area contributed by atoms with Crippen LogP contribution in [0.3, 0.4) is 0 Å². The van der Waals surface area contributed by atoms with Gasteiger partial charge < -0.3 is 5.73 Å². The lowest BCUT2D eigenvalue weighted by atomic mass is 10.2. The average molecular weight is 332 g/mol. The van der Waals surface area contributed by atoms with Gasteiger partial charge in [-0.15, -0.1) is 0 Å². The van der Waals surface area contributed by atoms with Crippen LogP contribution in [0.25, 0.3) is 0 Å². The van der Waals surface area contributed by atoms with Crippen molar-refractivity contribution >= 4 is 39.1 Å². The molecule has 21 heavy (non-hydrogen) atoms. The quantitative estimate of drug-likeness (QED) is 0.597. The first-order valence-electron chi connectivity index (χ1n) is 6.05. The van der Waals surface area contributed by atoms with Crippen LogP contribution < -0.4 is 11.1 Å². The number of aryl methyl sites for hydroxylation is 1. The lowest BCUT2D eigenvalue weighted by Gasteiger charge is -2.31. The number of carbonyl (C=O) groups excluding carboxylic acids is 2. The van der Waals surface area contributed by atoms with Crippen molar-refractivity contribution in [2.75, 3.05) is 12.3 Å². The van der Waals surface area contributed by atoms with Gasteiger partial charge in [0.15, 0.2) is 0 Å². The molecule has 1 fully saturated rings. The van der Waals surface area contributed by atoms with Gasteiger partial charge in [-0.3, -0.25) is 14.9 Å². The van der Waals surface area contributed by atoms with Crippen LogP contribution in [0.2, 0.25) is 5.02 Å². The number of nitrogens with two attached hydrogens (primary N) is 1. The van der Waals surface area contributed by atoms with Gasteiger partial charge in [0.1, 0.15) is 6.04 Å². The van der Waals surface area contributed by atoms with Crippen LogP contribution in [0, 0.1) is 6.92 Å². The smallest absolute Gasteiger partial charge is 0.244 e. The summed E-state index contributed by atoms with van der Waals surface area (Å²) in [6.07, 6.45) is 0. The van der Waals surface area contributed by atoms with Crippen molar-refractivity contribution in [1.82, 2.24) is 9.62 Å². The van der Waals surface area contributed by atoms with Gasteiger partial charge in [0.05, 0.1) is 22.2 Å². The van der Waals surface area contributed by atoms with E-state index in [9.17, 15) is 18.0 Å². The van der Waals surface area contributed by atoms with Gasteiger partial charge in [0.25, 0.3) is 0 Å². The number of hydrogen-bond acceptors (Lipinski definition) is 5. The molecule has 1 aliphatic rings. The third-order valence-electron chi connectivity index (χ3n) is 3.25. The Kier molecular flexibility index (Phi) is 3.96. The van der Waals surface area contributed by atoms with Gasteiger partial charge in [-0.05, 0) is 31.5 Å². The number of benzene rings is 1. The normalized spacial score (nSPS) is 20.4. The summed E-state index contributed by atoms with van der Waals surface area (Å²) in [6, 6.07) is 1.68. The Hall–Kier alpha value is -1.64. The van der Waals surface area contributed by atoms with Gasteiger partial charge in [0.2, 0.25) is 21.8 Å². The van der Waals surface area contributed by atoms with Crippen molar-refractivity contribution in [1.29, 1.82) is 0 Å². The number of piperazine rings is 1. The number of hydrogen-bond donors (Lipinski definition) is 2. The molecule has 2 rings (SSSR count). The summed E-state index contributed by atoms with van der Waals surface area (Å²) in [5, 5.41) is 2.33. The summed E-state index contributed by atoms with van der Waals surface area (Å²) in [6.45, 7) is 2.56. The minimum atomic E-state index is -4.03. The molecule has 114 valence electrons. The van der Waals surface area contributed by atoms with Crippen molar-refractivity contribution in [3.63, 3.8) is 0 Å². The number of amides is 2. The fourth-order valence-electron chi connectivity index (χ4n) is 2.06. The minimum Gasteiger partial charge on any atom is -0.397 e. The fraction of sp³-hybridized carbons (Fsp3) is 0.333.